The Morgan fingerprint density at radius 3 is 2.40 bits per heavy atom. The molecule has 1 N–H and O–H groups in total. The molecule has 1 heterocycles. The second kappa shape index (κ2) is 6.28. The Hall–Kier alpha value is -0.850. The highest BCUT2D eigenvalue weighted by molar-refractivity contribution is 6.31. The summed E-state index contributed by atoms with van der Waals surface area (Å²) in [6, 6.07) is 2.90. The van der Waals surface area contributed by atoms with Crippen LogP contribution < -0.4 is 5.32 Å². The monoisotopic (exact) mass is 310 g/mol. The molecule has 0 bridgehead atoms. The molecule has 2 rings (SSSR count). The standard InChI is InChI=1S/C13H15ClF4N2/c14-11-7-9(1-2-10(11)13(16,17)18)12(8-15)20-5-3-19-4-6-20/h1-2,7,12,19H,3-6,8H2/t12-/m1/s1. The van der Waals surface area contributed by atoms with Crippen molar-refractivity contribution in [1.29, 1.82) is 0 Å². The van der Waals surface area contributed by atoms with Gasteiger partial charge in [-0.3, -0.25) is 4.90 Å². The fourth-order valence-corrected chi connectivity index (χ4v) is 2.66. The van der Waals surface area contributed by atoms with E-state index in [1.54, 1.807) is 0 Å². The quantitative estimate of drug-likeness (QED) is 0.862. The maximum absolute atomic E-state index is 13.3. The van der Waals surface area contributed by atoms with Crippen molar-refractivity contribution in [3.05, 3.63) is 34.3 Å². The van der Waals surface area contributed by atoms with Crippen LogP contribution in [0.5, 0.6) is 0 Å². The van der Waals surface area contributed by atoms with E-state index >= 15 is 0 Å². The normalized spacial score (nSPS) is 19.1. The van der Waals surface area contributed by atoms with Gasteiger partial charge in [0.1, 0.15) is 6.67 Å². The Kier molecular flexibility index (Phi) is 4.88. The number of benzene rings is 1. The summed E-state index contributed by atoms with van der Waals surface area (Å²) in [5.41, 5.74) is -0.409. The van der Waals surface area contributed by atoms with Crippen molar-refractivity contribution < 1.29 is 17.6 Å². The molecule has 2 nitrogen and oxygen atoms in total. The third-order valence-electron chi connectivity index (χ3n) is 3.42. The fraction of sp³-hybridized carbons (Fsp3) is 0.538. The number of halogens is 5. The summed E-state index contributed by atoms with van der Waals surface area (Å²) < 4.78 is 51.2. The summed E-state index contributed by atoms with van der Waals surface area (Å²) >= 11 is 5.68. The van der Waals surface area contributed by atoms with Crippen LogP contribution in [0.3, 0.4) is 0 Å². The van der Waals surface area contributed by atoms with E-state index in [9.17, 15) is 17.6 Å². The molecule has 0 radical (unpaired) electrons. The van der Waals surface area contributed by atoms with Gasteiger partial charge in [0.25, 0.3) is 0 Å². The number of hydrogen-bond acceptors (Lipinski definition) is 2. The maximum atomic E-state index is 13.3. The van der Waals surface area contributed by atoms with Gasteiger partial charge in [-0.1, -0.05) is 17.7 Å². The van der Waals surface area contributed by atoms with Gasteiger partial charge < -0.3 is 5.32 Å². The molecule has 0 saturated carbocycles. The van der Waals surface area contributed by atoms with Gasteiger partial charge in [0, 0.05) is 26.2 Å². The summed E-state index contributed by atoms with van der Waals surface area (Å²) in [5.74, 6) is 0. The summed E-state index contributed by atoms with van der Waals surface area (Å²) in [6.07, 6.45) is -4.49. The molecule has 7 heteroatoms. The summed E-state index contributed by atoms with van der Waals surface area (Å²) in [6.45, 7) is 2.15. The van der Waals surface area contributed by atoms with Gasteiger partial charge in [-0.05, 0) is 17.7 Å². The van der Waals surface area contributed by atoms with Crippen LogP contribution in [0.2, 0.25) is 5.02 Å². The lowest BCUT2D eigenvalue weighted by molar-refractivity contribution is -0.137. The van der Waals surface area contributed by atoms with Gasteiger partial charge in [0.2, 0.25) is 0 Å². The van der Waals surface area contributed by atoms with E-state index in [0.29, 0.717) is 18.7 Å². The van der Waals surface area contributed by atoms with Crippen molar-refractivity contribution >= 4 is 11.6 Å². The van der Waals surface area contributed by atoms with Crippen LogP contribution in [-0.2, 0) is 6.18 Å². The molecule has 1 fully saturated rings. The highest BCUT2D eigenvalue weighted by Crippen LogP contribution is 2.36. The second-order valence-corrected chi connectivity index (χ2v) is 5.10. The lowest BCUT2D eigenvalue weighted by atomic mass is 10.0. The van der Waals surface area contributed by atoms with Crippen LogP contribution in [0.1, 0.15) is 17.2 Å². The van der Waals surface area contributed by atoms with Crippen molar-refractivity contribution in [3.8, 4) is 0 Å². The lowest BCUT2D eigenvalue weighted by Gasteiger charge is -2.33. The molecule has 0 spiro atoms. The predicted molar refractivity (Wildman–Crippen MR) is 69.6 cm³/mol. The average molecular weight is 311 g/mol. The van der Waals surface area contributed by atoms with Gasteiger partial charge in [0.05, 0.1) is 16.6 Å². The summed E-state index contributed by atoms with van der Waals surface area (Å²) in [7, 11) is 0. The van der Waals surface area contributed by atoms with Gasteiger partial charge in [-0.2, -0.15) is 13.2 Å². The summed E-state index contributed by atoms with van der Waals surface area (Å²) in [4.78, 5) is 1.91. The fourth-order valence-electron chi connectivity index (χ4n) is 2.36. The van der Waals surface area contributed by atoms with Crippen molar-refractivity contribution in [2.24, 2.45) is 0 Å². The largest absolute Gasteiger partial charge is 0.417 e. The molecule has 1 atom stereocenters. The van der Waals surface area contributed by atoms with E-state index < -0.39 is 24.5 Å². The molecule has 0 aliphatic carbocycles. The first-order valence-electron chi connectivity index (χ1n) is 6.31. The average Bonchev–Trinajstić information content (AvgIpc) is 2.39. The molecule has 1 aromatic rings. The molecule has 1 saturated heterocycles. The molecule has 1 aromatic carbocycles. The first kappa shape index (κ1) is 15.5. The van der Waals surface area contributed by atoms with Crippen molar-refractivity contribution in [2.75, 3.05) is 32.9 Å². The molecular formula is C13H15ClF4N2. The van der Waals surface area contributed by atoms with Crippen LogP contribution in [-0.4, -0.2) is 37.8 Å². The molecular weight excluding hydrogens is 296 g/mol. The smallest absolute Gasteiger partial charge is 0.314 e. The minimum Gasteiger partial charge on any atom is -0.314 e. The molecule has 1 aliphatic rings. The number of rotatable bonds is 3. The number of alkyl halides is 4. The van der Waals surface area contributed by atoms with E-state index in [1.807, 2.05) is 4.90 Å². The van der Waals surface area contributed by atoms with E-state index in [-0.39, 0.29) is 5.02 Å². The number of nitrogens with zero attached hydrogens (tertiary/aromatic N) is 1. The SMILES string of the molecule is FC[C@H](c1ccc(C(F)(F)F)c(Cl)c1)N1CCNCC1. The molecule has 0 aromatic heterocycles. The Balaban J connectivity index is 2.24. The van der Waals surface area contributed by atoms with Crippen LogP contribution >= 0.6 is 11.6 Å². The van der Waals surface area contributed by atoms with Crippen molar-refractivity contribution in [3.63, 3.8) is 0 Å². The first-order valence-corrected chi connectivity index (χ1v) is 6.68. The van der Waals surface area contributed by atoms with E-state index in [2.05, 4.69) is 5.32 Å². The third kappa shape index (κ3) is 3.42. The molecule has 0 amide bonds. The minimum absolute atomic E-state index is 0.386. The Morgan fingerprint density at radius 1 is 1.25 bits per heavy atom. The topological polar surface area (TPSA) is 15.3 Å². The Morgan fingerprint density at radius 2 is 1.90 bits per heavy atom. The molecule has 0 unspecified atom stereocenters. The van der Waals surface area contributed by atoms with E-state index in [4.69, 9.17) is 11.6 Å². The number of nitrogens with one attached hydrogen (secondary N) is 1. The van der Waals surface area contributed by atoms with Gasteiger partial charge in [0.15, 0.2) is 0 Å². The Bertz CT molecular complexity index is 458. The van der Waals surface area contributed by atoms with Crippen LogP contribution in [0.4, 0.5) is 17.6 Å². The van der Waals surface area contributed by atoms with E-state index in [1.165, 1.54) is 12.1 Å². The van der Waals surface area contributed by atoms with Crippen molar-refractivity contribution in [1.82, 2.24) is 10.2 Å². The van der Waals surface area contributed by atoms with Crippen molar-refractivity contribution in [2.45, 2.75) is 12.2 Å². The van der Waals surface area contributed by atoms with E-state index in [0.717, 1.165) is 19.2 Å². The zero-order valence-electron chi connectivity index (χ0n) is 10.7. The second-order valence-electron chi connectivity index (χ2n) is 4.69. The lowest BCUT2D eigenvalue weighted by Crippen LogP contribution is -2.45. The van der Waals surface area contributed by atoms with Gasteiger partial charge in [-0.25, -0.2) is 4.39 Å². The molecule has 112 valence electrons. The van der Waals surface area contributed by atoms with Gasteiger partial charge in [-0.15, -0.1) is 0 Å². The highest BCUT2D eigenvalue weighted by atomic mass is 35.5. The third-order valence-corrected chi connectivity index (χ3v) is 3.73. The zero-order chi connectivity index (χ0) is 14.8. The Labute approximate surface area is 119 Å². The highest BCUT2D eigenvalue weighted by Gasteiger charge is 2.33. The zero-order valence-corrected chi connectivity index (χ0v) is 11.4. The van der Waals surface area contributed by atoms with Crippen LogP contribution in [0.15, 0.2) is 18.2 Å². The minimum atomic E-state index is -4.49. The number of piperazine rings is 1. The maximum Gasteiger partial charge on any atom is 0.417 e. The summed E-state index contributed by atoms with van der Waals surface area (Å²) in [5, 5.41) is 2.76. The van der Waals surface area contributed by atoms with Crippen LogP contribution in [0.25, 0.3) is 0 Å². The van der Waals surface area contributed by atoms with Gasteiger partial charge >= 0.3 is 6.18 Å². The predicted octanol–water partition coefficient (Wildman–Crippen LogP) is 3.27. The molecule has 20 heavy (non-hydrogen) atoms. The van der Waals surface area contributed by atoms with Crippen LogP contribution in [0, 0.1) is 0 Å². The first-order chi connectivity index (χ1) is 9.43. The number of hydrogen-bond donors (Lipinski definition) is 1. The molecule has 1 aliphatic heterocycles.